The van der Waals surface area contributed by atoms with Gasteiger partial charge in [-0.3, -0.25) is 19.1 Å². The Kier molecular flexibility index (Phi) is 3.74. The van der Waals surface area contributed by atoms with Gasteiger partial charge >= 0.3 is 0 Å². The molecule has 28 heavy (non-hydrogen) atoms. The smallest absolute Gasteiger partial charge is 0.263 e. The molecule has 5 heteroatoms. The average Bonchev–Trinajstić information content (AvgIpc) is 3.07. The Balaban J connectivity index is 2.02. The first-order valence-electron chi connectivity index (χ1n) is 9.66. The average molecular weight is 371 g/mol. The summed E-state index contributed by atoms with van der Waals surface area (Å²) in [6, 6.07) is 13.1. The summed E-state index contributed by atoms with van der Waals surface area (Å²) in [5, 5.41) is 14.1. The summed E-state index contributed by atoms with van der Waals surface area (Å²) in [4.78, 5) is 20.2. The van der Waals surface area contributed by atoms with Crippen LogP contribution in [0.25, 0.3) is 38.1 Å². The number of hydrogen-bond donors (Lipinski definition) is 1. The molecule has 0 fully saturated rings. The van der Waals surface area contributed by atoms with Crippen LogP contribution in [0.4, 0.5) is 0 Å². The van der Waals surface area contributed by atoms with Gasteiger partial charge in [0.05, 0.1) is 16.6 Å². The number of aromatic hydroxyl groups is 1. The summed E-state index contributed by atoms with van der Waals surface area (Å²) < 4.78 is 1.76. The predicted molar refractivity (Wildman–Crippen MR) is 113 cm³/mol. The fraction of sp³-hybridized carbons (Fsp3) is 0.217. The van der Waals surface area contributed by atoms with Crippen molar-refractivity contribution >= 4 is 38.1 Å². The summed E-state index contributed by atoms with van der Waals surface area (Å²) in [5.41, 5.74) is 3.28. The van der Waals surface area contributed by atoms with Gasteiger partial charge in [-0.1, -0.05) is 32.0 Å². The maximum atomic E-state index is 13.4. The van der Waals surface area contributed by atoms with Crippen molar-refractivity contribution in [3.63, 3.8) is 0 Å². The van der Waals surface area contributed by atoms with Gasteiger partial charge in [0.2, 0.25) is 0 Å². The van der Waals surface area contributed by atoms with Crippen molar-refractivity contribution in [2.45, 2.75) is 20.4 Å². The third kappa shape index (κ3) is 2.17. The molecule has 0 unspecified atom stereocenters. The second-order valence-corrected chi connectivity index (χ2v) is 7.16. The standard InChI is InChI=1S/C23H21N3O2/c1-3-25(4-2)13-17-19(27)10-9-18-20(17)16-11-12-24-21-14-7-5-6-8-15(14)23(28)26(18)22(16)21/h5-12,27H,3-4,13H2,1-2H3. The highest BCUT2D eigenvalue weighted by atomic mass is 16.3. The molecule has 0 aliphatic carbocycles. The number of benzene rings is 2. The fourth-order valence-electron chi connectivity index (χ4n) is 4.35. The fourth-order valence-corrected chi connectivity index (χ4v) is 4.35. The largest absolute Gasteiger partial charge is 0.508 e. The lowest BCUT2D eigenvalue weighted by molar-refractivity contribution is 0.292. The van der Waals surface area contributed by atoms with Crippen LogP contribution >= 0.6 is 0 Å². The summed E-state index contributed by atoms with van der Waals surface area (Å²) >= 11 is 0. The van der Waals surface area contributed by atoms with E-state index in [2.05, 4.69) is 23.7 Å². The van der Waals surface area contributed by atoms with Crippen LogP contribution in [0.5, 0.6) is 5.75 Å². The van der Waals surface area contributed by atoms with Crippen molar-refractivity contribution in [1.29, 1.82) is 0 Å². The van der Waals surface area contributed by atoms with Gasteiger partial charge in [0.1, 0.15) is 5.75 Å². The highest BCUT2D eigenvalue weighted by Crippen LogP contribution is 2.38. The van der Waals surface area contributed by atoms with Gasteiger partial charge in [0.15, 0.2) is 0 Å². The minimum atomic E-state index is -0.0458. The van der Waals surface area contributed by atoms with E-state index in [1.54, 1.807) is 16.7 Å². The van der Waals surface area contributed by atoms with Crippen molar-refractivity contribution in [1.82, 2.24) is 14.3 Å². The van der Waals surface area contributed by atoms with Crippen LogP contribution in [-0.4, -0.2) is 32.5 Å². The van der Waals surface area contributed by atoms with Crippen molar-refractivity contribution in [2.75, 3.05) is 13.1 Å². The number of fused-ring (bicyclic) bond motifs is 5. The Morgan fingerprint density at radius 3 is 2.50 bits per heavy atom. The predicted octanol–water partition coefficient (Wildman–Crippen LogP) is 4.14. The third-order valence-corrected chi connectivity index (χ3v) is 5.82. The first-order valence-corrected chi connectivity index (χ1v) is 9.66. The molecule has 0 bridgehead atoms. The van der Waals surface area contributed by atoms with Crippen LogP contribution in [0, 0.1) is 0 Å². The highest BCUT2D eigenvalue weighted by molar-refractivity contribution is 6.19. The second kappa shape index (κ2) is 6.17. The molecule has 0 aliphatic rings. The lowest BCUT2D eigenvalue weighted by Crippen LogP contribution is -2.22. The van der Waals surface area contributed by atoms with Crippen LogP contribution in [0.2, 0.25) is 0 Å². The van der Waals surface area contributed by atoms with Crippen molar-refractivity contribution < 1.29 is 5.11 Å². The number of nitrogens with zero attached hydrogens (tertiary/aromatic N) is 3. The molecule has 5 rings (SSSR count). The molecule has 0 aliphatic heterocycles. The zero-order valence-corrected chi connectivity index (χ0v) is 15.9. The van der Waals surface area contributed by atoms with Gasteiger partial charge in [-0.05, 0) is 37.4 Å². The minimum Gasteiger partial charge on any atom is -0.508 e. The van der Waals surface area contributed by atoms with Crippen molar-refractivity contribution in [3.05, 3.63) is 64.6 Å². The Bertz CT molecular complexity index is 1400. The van der Waals surface area contributed by atoms with Crippen LogP contribution in [-0.2, 0) is 6.54 Å². The molecule has 0 spiro atoms. The maximum absolute atomic E-state index is 13.4. The molecule has 5 nitrogen and oxygen atoms in total. The Morgan fingerprint density at radius 1 is 1.00 bits per heavy atom. The number of pyridine rings is 2. The van der Waals surface area contributed by atoms with Crippen molar-refractivity contribution in [3.8, 4) is 5.75 Å². The number of hydrogen-bond acceptors (Lipinski definition) is 4. The van der Waals surface area contributed by atoms with E-state index in [1.165, 1.54) is 0 Å². The van der Waals surface area contributed by atoms with E-state index in [9.17, 15) is 9.90 Å². The summed E-state index contributed by atoms with van der Waals surface area (Å²) in [7, 11) is 0. The molecule has 0 saturated carbocycles. The van der Waals surface area contributed by atoms with E-state index in [1.807, 2.05) is 36.4 Å². The summed E-state index contributed by atoms with van der Waals surface area (Å²) in [5.74, 6) is 0.265. The molecule has 1 N–H and O–H groups in total. The molecule has 2 aromatic carbocycles. The molecule has 0 atom stereocenters. The molecular formula is C23H21N3O2. The molecule has 140 valence electrons. The van der Waals surface area contributed by atoms with E-state index in [-0.39, 0.29) is 11.3 Å². The van der Waals surface area contributed by atoms with Crippen molar-refractivity contribution in [2.24, 2.45) is 0 Å². The highest BCUT2D eigenvalue weighted by Gasteiger charge is 2.21. The molecule has 0 saturated heterocycles. The Labute approximate surface area is 161 Å². The molecule has 5 aromatic rings. The minimum absolute atomic E-state index is 0.0458. The van der Waals surface area contributed by atoms with Gasteiger partial charge < -0.3 is 5.11 Å². The number of aromatic nitrogens is 2. The molecule has 0 radical (unpaired) electrons. The molecular weight excluding hydrogens is 350 g/mol. The number of phenols is 1. The lowest BCUT2D eigenvalue weighted by Gasteiger charge is -2.19. The quantitative estimate of drug-likeness (QED) is 0.483. The second-order valence-electron chi connectivity index (χ2n) is 7.16. The third-order valence-electron chi connectivity index (χ3n) is 5.82. The van der Waals surface area contributed by atoms with E-state index >= 15 is 0 Å². The van der Waals surface area contributed by atoms with Crippen LogP contribution in [0.1, 0.15) is 19.4 Å². The SMILES string of the molecule is CCN(CC)Cc1c(O)ccc2c1c1ccnc3c4ccccc4c(=O)n2c13. The van der Waals surface area contributed by atoms with Crippen LogP contribution < -0.4 is 5.56 Å². The Hall–Kier alpha value is -3.18. The maximum Gasteiger partial charge on any atom is 0.263 e. The monoisotopic (exact) mass is 371 g/mol. The first kappa shape index (κ1) is 17.0. The zero-order valence-electron chi connectivity index (χ0n) is 15.9. The van der Waals surface area contributed by atoms with Gasteiger partial charge in [-0.2, -0.15) is 0 Å². The number of rotatable bonds is 4. The lowest BCUT2D eigenvalue weighted by atomic mass is 10.0. The topological polar surface area (TPSA) is 57.8 Å². The van der Waals surface area contributed by atoms with E-state index in [0.29, 0.717) is 11.9 Å². The van der Waals surface area contributed by atoms with Crippen LogP contribution in [0.3, 0.4) is 0 Å². The number of phenolic OH excluding ortho intramolecular Hbond substituents is 1. The van der Waals surface area contributed by atoms with Gasteiger partial charge in [0, 0.05) is 39.8 Å². The summed E-state index contributed by atoms with van der Waals surface area (Å²) in [6.45, 7) is 6.64. The normalized spacial score (nSPS) is 12.2. The first-order chi connectivity index (χ1) is 13.7. The molecule has 3 heterocycles. The van der Waals surface area contributed by atoms with E-state index in [4.69, 9.17) is 0 Å². The zero-order chi connectivity index (χ0) is 19.4. The van der Waals surface area contributed by atoms with Crippen LogP contribution in [0.15, 0.2) is 53.5 Å². The van der Waals surface area contributed by atoms with Gasteiger partial charge in [-0.15, -0.1) is 0 Å². The van der Waals surface area contributed by atoms with E-state index < -0.39 is 0 Å². The Morgan fingerprint density at radius 2 is 1.75 bits per heavy atom. The summed E-state index contributed by atoms with van der Waals surface area (Å²) in [6.07, 6.45) is 1.79. The van der Waals surface area contributed by atoms with Gasteiger partial charge in [-0.25, -0.2) is 0 Å². The molecule has 3 aromatic heterocycles. The van der Waals surface area contributed by atoms with E-state index in [0.717, 1.165) is 51.4 Å². The molecule has 0 amide bonds. The van der Waals surface area contributed by atoms with Gasteiger partial charge in [0.25, 0.3) is 5.56 Å².